The van der Waals surface area contributed by atoms with Gasteiger partial charge < -0.3 is 14.9 Å². The minimum Gasteiger partial charge on any atom is -0.482 e. The molecule has 5 heteroatoms. The van der Waals surface area contributed by atoms with E-state index in [2.05, 4.69) is 0 Å². The van der Waals surface area contributed by atoms with Gasteiger partial charge in [-0.15, -0.1) is 0 Å². The largest absolute Gasteiger partial charge is 0.482 e. The second kappa shape index (κ2) is 4.57. The van der Waals surface area contributed by atoms with E-state index in [9.17, 15) is 14.3 Å². The molecule has 0 aliphatic heterocycles. The number of hydrogen-bond donors (Lipinski definition) is 2. The molecule has 2 atom stereocenters. The summed E-state index contributed by atoms with van der Waals surface area (Å²) in [7, 11) is 0. The molecule has 98 valence electrons. The van der Waals surface area contributed by atoms with E-state index in [4.69, 9.17) is 9.84 Å². The average Bonchev–Trinajstić information content (AvgIpc) is 2.31. The molecule has 0 bridgehead atoms. The van der Waals surface area contributed by atoms with Crippen LogP contribution in [-0.4, -0.2) is 28.4 Å². The smallest absolute Gasteiger partial charge is 0.341 e. The minimum absolute atomic E-state index is 0.286. The third-order valence-corrected chi connectivity index (χ3v) is 3.22. The molecule has 0 amide bonds. The van der Waals surface area contributed by atoms with E-state index in [1.54, 1.807) is 18.2 Å². The number of hydrogen-bond acceptors (Lipinski definition) is 3. The van der Waals surface area contributed by atoms with E-state index >= 15 is 0 Å². The zero-order valence-electron chi connectivity index (χ0n) is 10.0. The predicted molar refractivity (Wildman–Crippen MR) is 62.4 cm³/mol. The highest BCUT2D eigenvalue weighted by Gasteiger charge is 2.39. The highest BCUT2D eigenvalue weighted by atomic mass is 19.1. The fourth-order valence-corrected chi connectivity index (χ4v) is 2.20. The Bertz CT molecular complexity index is 470. The number of alkyl halides is 1. The Balaban J connectivity index is 2.31. The Hall–Kier alpha value is -1.62. The van der Waals surface area contributed by atoms with E-state index in [1.165, 1.54) is 6.92 Å². The average molecular weight is 254 g/mol. The molecular formula is C13H15FO4. The fraction of sp³-hybridized carbons (Fsp3) is 0.462. The first kappa shape index (κ1) is 12.8. The Morgan fingerprint density at radius 1 is 1.61 bits per heavy atom. The predicted octanol–water partition coefficient (Wildman–Crippen LogP) is 1.86. The molecule has 2 N–H and O–H groups in total. The lowest BCUT2D eigenvalue weighted by atomic mass is 9.80. The third-order valence-electron chi connectivity index (χ3n) is 3.22. The number of carboxylic acid groups (broad SMARTS) is 1. The van der Waals surface area contributed by atoms with Gasteiger partial charge in [-0.1, -0.05) is 12.1 Å². The maximum atomic E-state index is 14.1. The number of ether oxygens (including phenoxy) is 1. The molecule has 0 saturated carbocycles. The number of fused-ring (bicyclic) bond motifs is 1. The van der Waals surface area contributed by atoms with E-state index in [1.807, 2.05) is 0 Å². The van der Waals surface area contributed by atoms with Crippen molar-refractivity contribution in [1.29, 1.82) is 0 Å². The summed E-state index contributed by atoms with van der Waals surface area (Å²) in [6, 6.07) is 4.82. The van der Waals surface area contributed by atoms with Crippen molar-refractivity contribution in [2.24, 2.45) is 0 Å². The molecule has 1 aromatic rings. The summed E-state index contributed by atoms with van der Waals surface area (Å²) >= 11 is 0. The molecule has 1 aliphatic rings. The van der Waals surface area contributed by atoms with Crippen LogP contribution >= 0.6 is 0 Å². The second-order valence-corrected chi connectivity index (χ2v) is 4.73. The molecule has 0 saturated heterocycles. The fourth-order valence-electron chi connectivity index (χ4n) is 2.20. The first-order valence-electron chi connectivity index (χ1n) is 5.74. The van der Waals surface area contributed by atoms with Crippen LogP contribution in [0.3, 0.4) is 0 Å². The van der Waals surface area contributed by atoms with Gasteiger partial charge in [-0.3, -0.25) is 0 Å². The molecule has 18 heavy (non-hydrogen) atoms. The minimum atomic E-state index is -1.48. The van der Waals surface area contributed by atoms with Crippen LogP contribution in [-0.2, 0) is 11.2 Å². The molecule has 0 spiro atoms. The Morgan fingerprint density at radius 3 is 3.00 bits per heavy atom. The van der Waals surface area contributed by atoms with Crippen LogP contribution in [0, 0.1) is 0 Å². The number of aliphatic hydroxyl groups is 1. The van der Waals surface area contributed by atoms with Crippen LogP contribution in [0.15, 0.2) is 18.2 Å². The lowest BCUT2D eigenvalue weighted by molar-refractivity contribution is -0.139. The summed E-state index contributed by atoms with van der Waals surface area (Å²) in [4.78, 5) is 10.5. The number of carbonyl (C=O) groups is 1. The van der Waals surface area contributed by atoms with Crippen molar-refractivity contribution in [3.05, 3.63) is 29.3 Å². The van der Waals surface area contributed by atoms with Crippen LogP contribution in [0.25, 0.3) is 0 Å². The van der Waals surface area contributed by atoms with E-state index in [-0.39, 0.29) is 6.42 Å². The maximum absolute atomic E-state index is 14.1. The van der Waals surface area contributed by atoms with Crippen LogP contribution in [0.1, 0.15) is 30.6 Å². The quantitative estimate of drug-likeness (QED) is 0.864. The molecule has 2 rings (SSSR count). The lowest BCUT2D eigenvalue weighted by Gasteiger charge is -2.34. The number of aliphatic carboxylic acids is 1. The molecular weight excluding hydrogens is 239 g/mol. The molecule has 2 unspecified atom stereocenters. The van der Waals surface area contributed by atoms with Crippen LogP contribution in [0.5, 0.6) is 5.75 Å². The maximum Gasteiger partial charge on any atom is 0.341 e. The lowest BCUT2D eigenvalue weighted by Crippen LogP contribution is -2.35. The standard InChI is InChI=1S/C13H15FO4/c1-13(17)6-5-8-9(12(13)14)3-2-4-10(8)18-7-11(15)16/h2-4,12,17H,5-7H2,1H3,(H,15,16). The summed E-state index contributed by atoms with van der Waals surface area (Å²) < 4.78 is 19.2. The molecule has 0 fully saturated rings. The zero-order chi connectivity index (χ0) is 13.3. The zero-order valence-corrected chi connectivity index (χ0v) is 10.0. The van der Waals surface area contributed by atoms with Crippen molar-refractivity contribution in [2.45, 2.75) is 31.5 Å². The van der Waals surface area contributed by atoms with E-state index < -0.39 is 24.3 Å². The van der Waals surface area contributed by atoms with Crippen LogP contribution in [0.2, 0.25) is 0 Å². The van der Waals surface area contributed by atoms with Gasteiger partial charge >= 0.3 is 5.97 Å². The first-order chi connectivity index (χ1) is 8.42. The molecule has 0 radical (unpaired) electrons. The number of carboxylic acids is 1. The summed E-state index contributed by atoms with van der Waals surface area (Å²) in [5.74, 6) is -0.694. The van der Waals surface area contributed by atoms with Gasteiger partial charge in [0.25, 0.3) is 0 Å². The summed E-state index contributed by atoms with van der Waals surface area (Å²) in [5.41, 5.74) is -0.342. The third kappa shape index (κ3) is 2.31. The highest BCUT2D eigenvalue weighted by molar-refractivity contribution is 5.68. The van der Waals surface area contributed by atoms with Gasteiger partial charge in [-0.05, 0) is 31.4 Å². The normalized spacial score (nSPS) is 26.5. The van der Waals surface area contributed by atoms with Crippen molar-refractivity contribution in [1.82, 2.24) is 0 Å². The van der Waals surface area contributed by atoms with Crippen LogP contribution in [0.4, 0.5) is 4.39 Å². The summed E-state index contributed by atoms with van der Waals surface area (Å²) in [6.45, 7) is 1.01. The molecule has 4 nitrogen and oxygen atoms in total. The van der Waals surface area contributed by atoms with Gasteiger partial charge in [0.15, 0.2) is 12.8 Å². The topological polar surface area (TPSA) is 66.8 Å². The van der Waals surface area contributed by atoms with Crippen molar-refractivity contribution < 1.29 is 24.1 Å². The Labute approximate surface area is 104 Å². The van der Waals surface area contributed by atoms with Crippen molar-refractivity contribution in [3.63, 3.8) is 0 Å². The highest BCUT2D eigenvalue weighted by Crippen LogP contribution is 2.42. The first-order valence-corrected chi connectivity index (χ1v) is 5.74. The van der Waals surface area contributed by atoms with E-state index in [0.717, 1.165) is 0 Å². The molecule has 1 aromatic carbocycles. The number of benzene rings is 1. The summed E-state index contributed by atoms with van der Waals surface area (Å²) in [5, 5.41) is 18.5. The van der Waals surface area contributed by atoms with Gasteiger partial charge in [-0.2, -0.15) is 0 Å². The van der Waals surface area contributed by atoms with Crippen molar-refractivity contribution >= 4 is 5.97 Å². The van der Waals surface area contributed by atoms with E-state index in [0.29, 0.717) is 23.3 Å². The van der Waals surface area contributed by atoms with Crippen molar-refractivity contribution in [3.8, 4) is 5.75 Å². The van der Waals surface area contributed by atoms with Gasteiger partial charge in [0.2, 0.25) is 0 Å². The molecule has 0 heterocycles. The van der Waals surface area contributed by atoms with Crippen molar-refractivity contribution in [2.75, 3.05) is 6.61 Å². The monoisotopic (exact) mass is 254 g/mol. The van der Waals surface area contributed by atoms with Gasteiger partial charge in [0.05, 0.1) is 5.60 Å². The number of rotatable bonds is 3. The van der Waals surface area contributed by atoms with Gasteiger partial charge in [0.1, 0.15) is 5.75 Å². The van der Waals surface area contributed by atoms with Gasteiger partial charge in [0, 0.05) is 5.56 Å². The second-order valence-electron chi connectivity index (χ2n) is 4.73. The Morgan fingerprint density at radius 2 is 2.33 bits per heavy atom. The molecule has 1 aliphatic carbocycles. The Kier molecular flexibility index (Phi) is 3.26. The van der Waals surface area contributed by atoms with Gasteiger partial charge in [-0.25, -0.2) is 9.18 Å². The number of halogens is 1. The molecule has 0 aromatic heterocycles. The summed E-state index contributed by atoms with van der Waals surface area (Å²) in [6.07, 6.45) is -0.720. The SMILES string of the molecule is CC1(O)CCc2c(OCC(=O)O)cccc2C1F. The van der Waals surface area contributed by atoms with Crippen LogP contribution < -0.4 is 4.74 Å².